The van der Waals surface area contributed by atoms with Gasteiger partial charge in [-0.3, -0.25) is 4.79 Å². The molecule has 2 N–H and O–H groups in total. The van der Waals surface area contributed by atoms with Crippen LogP contribution < -0.4 is 5.73 Å². The lowest BCUT2D eigenvalue weighted by atomic mass is 10.0. The third-order valence-corrected chi connectivity index (χ3v) is 2.37. The van der Waals surface area contributed by atoms with Gasteiger partial charge in [0.15, 0.2) is 5.78 Å². The summed E-state index contributed by atoms with van der Waals surface area (Å²) in [6, 6.07) is 2.49. The Morgan fingerprint density at radius 1 is 1.47 bits per heavy atom. The minimum absolute atomic E-state index is 0.0198. The molecule has 0 spiro atoms. The molecule has 0 bridgehead atoms. The first-order valence-corrected chi connectivity index (χ1v) is 5.27. The highest BCUT2D eigenvalue weighted by molar-refractivity contribution is 5.96. The zero-order chi connectivity index (χ0) is 12.8. The molecular formula is C12H15F2NO2. The first-order valence-electron chi connectivity index (χ1n) is 5.27. The summed E-state index contributed by atoms with van der Waals surface area (Å²) >= 11 is 0. The van der Waals surface area contributed by atoms with Crippen LogP contribution in [0.25, 0.3) is 0 Å². The molecule has 0 fully saturated rings. The number of rotatable bonds is 6. The van der Waals surface area contributed by atoms with Crippen LogP contribution in [0.15, 0.2) is 18.2 Å². The molecule has 1 unspecified atom stereocenters. The molecule has 1 aromatic rings. The molecule has 0 aliphatic rings. The Morgan fingerprint density at radius 3 is 2.76 bits per heavy atom. The van der Waals surface area contributed by atoms with E-state index in [1.807, 2.05) is 0 Å². The standard InChI is InChI=1S/C12H15F2NO2/c1-17-5-4-9(15)7-12(16)10-3-2-8(13)6-11(10)14/h2-3,6,9H,4-5,7,15H2,1H3. The lowest BCUT2D eigenvalue weighted by Crippen LogP contribution is -2.25. The van der Waals surface area contributed by atoms with E-state index in [9.17, 15) is 13.6 Å². The van der Waals surface area contributed by atoms with Gasteiger partial charge in [0.25, 0.3) is 0 Å². The zero-order valence-corrected chi connectivity index (χ0v) is 9.58. The third-order valence-electron chi connectivity index (χ3n) is 2.37. The van der Waals surface area contributed by atoms with Crippen molar-refractivity contribution in [3.8, 4) is 0 Å². The number of hydrogen-bond donors (Lipinski definition) is 1. The highest BCUT2D eigenvalue weighted by atomic mass is 19.1. The molecule has 0 aliphatic carbocycles. The summed E-state index contributed by atoms with van der Waals surface area (Å²) in [4.78, 5) is 11.7. The number of hydrogen-bond acceptors (Lipinski definition) is 3. The van der Waals surface area contributed by atoms with Crippen LogP contribution in [0.4, 0.5) is 8.78 Å². The van der Waals surface area contributed by atoms with Crippen LogP contribution in [-0.2, 0) is 4.74 Å². The maximum absolute atomic E-state index is 13.3. The van der Waals surface area contributed by atoms with Gasteiger partial charge in [-0.25, -0.2) is 8.78 Å². The smallest absolute Gasteiger partial charge is 0.167 e. The molecule has 1 rings (SSSR count). The van der Waals surface area contributed by atoms with E-state index in [0.29, 0.717) is 19.1 Å². The number of ketones is 1. The monoisotopic (exact) mass is 243 g/mol. The van der Waals surface area contributed by atoms with Crippen LogP contribution in [-0.4, -0.2) is 25.5 Å². The van der Waals surface area contributed by atoms with Crippen molar-refractivity contribution in [1.29, 1.82) is 0 Å². The van der Waals surface area contributed by atoms with E-state index >= 15 is 0 Å². The van der Waals surface area contributed by atoms with Gasteiger partial charge in [-0.2, -0.15) is 0 Å². The molecule has 0 amide bonds. The Hall–Kier alpha value is -1.33. The van der Waals surface area contributed by atoms with E-state index in [1.54, 1.807) is 0 Å². The van der Waals surface area contributed by atoms with Gasteiger partial charge in [-0.15, -0.1) is 0 Å². The maximum Gasteiger partial charge on any atom is 0.167 e. The molecular weight excluding hydrogens is 228 g/mol. The van der Waals surface area contributed by atoms with Gasteiger partial charge in [0.05, 0.1) is 5.56 Å². The average molecular weight is 243 g/mol. The van der Waals surface area contributed by atoms with Crippen molar-refractivity contribution in [2.75, 3.05) is 13.7 Å². The van der Waals surface area contributed by atoms with Gasteiger partial charge in [-0.05, 0) is 18.6 Å². The third kappa shape index (κ3) is 4.20. The lowest BCUT2D eigenvalue weighted by Gasteiger charge is -2.10. The second-order valence-corrected chi connectivity index (χ2v) is 3.79. The predicted octanol–water partition coefficient (Wildman–Crippen LogP) is 1.90. The van der Waals surface area contributed by atoms with E-state index in [0.717, 1.165) is 12.1 Å². The largest absolute Gasteiger partial charge is 0.385 e. The van der Waals surface area contributed by atoms with E-state index in [4.69, 9.17) is 10.5 Å². The topological polar surface area (TPSA) is 52.3 Å². The van der Waals surface area contributed by atoms with Crippen molar-refractivity contribution >= 4 is 5.78 Å². The molecule has 1 atom stereocenters. The Kier molecular flexibility index (Phi) is 5.18. The fraction of sp³-hybridized carbons (Fsp3) is 0.417. The number of ether oxygens (including phenoxy) is 1. The number of carbonyl (C=O) groups excluding carboxylic acids is 1. The molecule has 0 aromatic heterocycles. The van der Waals surface area contributed by atoms with Gasteiger partial charge in [-0.1, -0.05) is 0 Å². The molecule has 0 saturated carbocycles. The minimum atomic E-state index is -0.853. The van der Waals surface area contributed by atoms with Crippen molar-refractivity contribution in [1.82, 2.24) is 0 Å². The number of carbonyl (C=O) groups is 1. The van der Waals surface area contributed by atoms with E-state index in [-0.39, 0.29) is 18.0 Å². The Morgan fingerprint density at radius 2 is 2.18 bits per heavy atom. The quantitative estimate of drug-likeness (QED) is 0.776. The molecule has 1 aromatic carbocycles. The Balaban J connectivity index is 2.63. The average Bonchev–Trinajstić information content (AvgIpc) is 2.26. The molecule has 0 radical (unpaired) electrons. The highest BCUT2D eigenvalue weighted by Gasteiger charge is 2.15. The summed E-state index contributed by atoms with van der Waals surface area (Å²) in [6.07, 6.45) is 0.539. The summed E-state index contributed by atoms with van der Waals surface area (Å²) in [5.74, 6) is -1.98. The summed E-state index contributed by atoms with van der Waals surface area (Å²) in [6.45, 7) is 0.445. The minimum Gasteiger partial charge on any atom is -0.385 e. The summed E-state index contributed by atoms with van der Waals surface area (Å²) in [5.41, 5.74) is 5.55. The summed E-state index contributed by atoms with van der Waals surface area (Å²) in [7, 11) is 1.54. The zero-order valence-electron chi connectivity index (χ0n) is 9.58. The van der Waals surface area contributed by atoms with E-state index in [2.05, 4.69) is 0 Å². The van der Waals surface area contributed by atoms with E-state index in [1.165, 1.54) is 7.11 Å². The second-order valence-electron chi connectivity index (χ2n) is 3.79. The Labute approximate surface area is 98.6 Å². The second kappa shape index (κ2) is 6.42. The van der Waals surface area contributed by atoms with Crippen molar-refractivity contribution < 1.29 is 18.3 Å². The molecule has 17 heavy (non-hydrogen) atoms. The van der Waals surface area contributed by atoms with Crippen molar-refractivity contribution in [3.63, 3.8) is 0 Å². The number of methoxy groups -OCH3 is 1. The molecule has 3 nitrogen and oxygen atoms in total. The molecule has 0 aliphatic heterocycles. The summed E-state index contributed by atoms with van der Waals surface area (Å²) < 4.78 is 30.7. The first kappa shape index (κ1) is 13.7. The molecule has 94 valence electrons. The van der Waals surface area contributed by atoms with Crippen LogP contribution in [0.1, 0.15) is 23.2 Å². The van der Waals surface area contributed by atoms with Gasteiger partial charge in [0.1, 0.15) is 11.6 Å². The van der Waals surface area contributed by atoms with Gasteiger partial charge < -0.3 is 10.5 Å². The number of nitrogens with two attached hydrogens (primary N) is 1. The Bertz CT molecular complexity index is 396. The van der Waals surface area contributed by atoms with Crippen molar-refractivity contribution in [2.45, 2.75) is 18.9 Å². The van der Waals surface area contributed by atoms with Gasteiger partial charge in [0.2, 0.25) is 0 Å². The number of Topliss-reactive ketones (excluding diaryl/α,β-unsaturated/α-hetero) is 1. The van der Waals surface area contributed by atoms with Crippen molar-refractivity contribution in [2.24, 2.45) is 5.73 Å². The number of benzene rings is 1. The predicted molar refractivity (Wildman–Crippen MR) is 59.8 cm³/mol. The first-order chi connectivity index (χ1) is 8.04. The highest BCUT2D eigenvalue weighted by Crippen LogP contribution is 2.13. The van der Waals surface area contributed by atoms with Crippen LogP contribution >= 0.6 is 0 Å². The molecule has 5 heteroatoms. The normalized spacial score (nSPS) is 12.5. The van der Waals surface area contributed by atoms with Crippen LogP contribution in [0.3, 0.4) is 0 Å². The van der Waals surface area contributed by atoms with E-state index < -0.39 is 17.4 Å². The molecule has 0 heterocycles. The lowest BCUT2D eigenvalue weighted by molar-refractivity contribution is 0.0963. The number of halogens is 2. The fourth-order valence-corrected chi connectivity index (χ4v) is 1.43. The van der Waals surface area contributed by atoms with Crippen LogP contribution in [0.2, 0.25) is 0 Å². The summed E-state index contributed by atoms with van der Waals surface area (Å²) in [5, 5.41) is 0. The maximum atomic E-state index is 13.3. The van der Waals surface area contributed by atoms with Crippen LogP contribution in [0.5, 0.6) is 0 Å². The fourth-order valence-electron chi connectivity index (χ4n) is 1.43. The molecule has 0 saturated heterocycles. The SMILES string of the molecule is COCCC(N)CC(=O)c1ccc(F)cc1F. The van der Waals surface area contributed by atoms with Crippen molar-refractivity contribution in [3.05, 3.63) is 35.4 Å². The van der Waals surface area contributed by atoms with Gasteiger partial charge >= 0.3 is 0 Å². The van der Waals surface area contributed by atoms with Crippen LogP contribution in [0, 0.1) is 11.6 Å². The van der Waals surface area contributed by atoms with Gasteiger partial charge in [0, 0.05) is 32.2 Å².